The number of hydrogen-bond donors (Lipinski definition) is 6. The molecule has 1 amide bonds. The van der Waals surface area contributed by atoms with E-state index in [9.17, 15) is 35.1 Å². The number of aliphatic hydroxyl groups is 5. The van der Waals surface area contributed by atoms with Crippen LogP contribution in [-0.2, 0) is 23.8 Å². The van der Waals surface area contributed by atoms with E-state index in [-0.39, 0.29) is 18.5 Å². The number of allylic oxidation sites excluding steroid dienone is 5. The van der Waals surface area contributed by atoms with Crippen LogP contribution < -0.4 is 5.32 Å². The SMILES string of the molecule is C/C=C/CC/C=C/CC/C=C/C(O)C(COC1OC(CO)C(O)C(O)C1O)NC(=O)CCCCCCCCCCCCCCCCCCCCCCCCCCCCCCOC(=O)CCCCCCCCCCCCC. The maximum atomic E-state index is 13.0. The number of nitrogens with one attached hydrogen (secondary N) is 1. The minimum Gasteiger partial charge on any atom is -0.466 e. The van der Waals surface area contributed by atoms with Crippen molar-refractivity contribution in [3.63, 3.8) is 0 Å². The summed E-state index contributed by atoms with van der Waals surface area (Å²) in [5.41, 5.74) is 0. The maximum Gasteiger partial charge on any atom is 0.305 e. The molecule has 0 saturated carbocycles. The van der Waals surface area contributed by atoms with Gasteiger partial charge in [-0.25, -0.2) is 0 Å². The Kier molecular flexibility index (Phi) is 51.9. The standard InChI is InChI=1S/C65H121NO10/c1-3-5-7-9-11-13-32-37-41-45-49-53-61(70)74-54-50-46-42-38-34-31-29-27-25-23-21-19-17-15-14-16-18-20-22-24-26-28-30-33-36-40-44-48-52-60(69)66-57(58(68)51-47-43-39-35-12-10-8-6-4-2)56-75-65-64(73)63(72)62(71)59(55-67)76-65/h4,6,12,35,47,51,57-59,62-65,67-68,71-73H,3,5,7-11,13-34,36-46,48-50,52-56H2,1-2H3,(H,66,69)/b6-4+,35-12+,51-47+. The summed E-state index contributed by atoms with van der Waals surface area (Å²) in [4.78, 5) is 25.0. The van der Waals surface area contributed by atoms with Gasteiger partial charge < -0.3 is 45.1 Å². The number of carbonyl (C=O) groups is 2. The van der Waals surface area contributed by atoms with E-state index in [1.807, 2.05) is 19.1 Å². The highest BCUT2D eigenvalue weighted by atomic mass is 16.7. The maximum absolute atomic E-state index is 13.0. The summed E-state index contributed by atoms with van der Waals surface area (Å²) in [6, 6.07) is -0.830. The first kappa shape index (κ1) is 71.9. The second-order valence-electron chi connectivity index (χ2n) is 22.5. The average molecular weight is 1080 g/mol. The zero-order chi connectivity index (χ0) is 55.2. The number of carbonyl (C=O) groups excluding carboxylic acids is 2. The van der Waals surface area contributed by atoms with Crippen LogP contribution in [0.15, 0.2) is 36.5 Å². The van der Waals surface area contributed by atoms with Crippen molar-refractivity contribution in [3.8, 4) is 0 Å². The topological polar surface area (TPSA) is 175 Å². The van der Waals surface area contributed by atoms with Crippen LogP contribution >= 0.6 is 0 Å². The van der Waals surface area contributed by atoms with Crippen LogP contribution in [0.3, 0.4) is 0 Å². The quantitative estimate of drug-likeness (QED) is 0.0195. The van der Waals surface area contributed by atoms with Crippen molar-refractivity contribution in [2.45, 2.75) is 346 Å². The van der Waals surface area contributed by atoms with E-state index < -0.39 is 49.5 Å². The molecular formula is C65H121NO10. The van der Waals surface area contributed by atoms with E-state index in [1.165, 1.54) is 218 Å². The lowest BCUT2D eigenvalue weighted by Gasteiger charge is -2.40. The third-order valence-corrected chi connectivity index (χ3v) is 15.3. The smallest absolute Gasteiger partial charge is 0.305 e. The molecule has 6 N–H and O–H groups in total. The van der Waals surface area contributed by atoms with E-state index in [2.05, 4.69) is 30.5 Å². The van der Waals surface area contributed by atoms with Crippen molar-refractivity contribution >= 4 is 11.9 Å². The molecule has 1 aliphatic rings. The van der Waals surface area contributed by atoms with Crippen molar-refractivity contribution in [2.24, 2.45) is 0 Å². The van der Waals surface area contributed by atoms with Crippen LogP contribution in [0.2, 0.25) is 0 Å². The first-order valence-corrected chi connectivity index (χ1v) is 32.2. The first-order valence-electron chi connectivity index (χ1n) is 32.2. The van der Waals surface area contributed by atoms with Gasteiger partial charge in [-0.15, -0.1) is 0 Å². The Balaban J connectivity index is 1.94. The summed E-state index contributed by atoms with van der Waals surface area (Å²) < 4.78 is 16.7. The Morgan fingerprint density at radius 1 is 0.500 bits per heavy atom. The lowest BCUT2D eigenvalue weighted by molar-refractivity contribution is -0.302. The van der Waals surface area contributed by atoms with Crippen molar-refractivity contribution in [2.75, 3.05) is 19.8 Å². The number of hydrogen-bond acceptors (Lipinski definition) is 10. The molecule has 0 aromatic carbocycles. The molecule has 0 bridgehead atoms. The molecule has 1 fully saturated rings. The zero-order valence-electron chi connectivity index (χ0n) is 49.2. The highest BCUT2D eigenvalue weighted by molar-refractivity contribution is 5.76. The van der Waals surface area contributed by atoms with Gasteiger partial charge in [0.25, 0.3) is 0 Å². The summed E-state index contributed by atoms with van der Waals surface area (Å²) in [7, 11) is 0. The molecule has 11 nitrogen and oxygen atoms in total. The van der Waals surface area contributed by atoms with Crippen molar-refractivity contribution in [3.05, 3.63) is 36.5 Å². The normalized spacial score (nSPS) is 18.9. The second-order valence-corrected chi connectivity index (χ2v) is 22.5. The van der Waals surface area contributed by atoms with Crippen LogP contribution in [0.4, 0.5) is 0 Å². The summed E-state index contributed by atoms with van der Waals surface area (Å²) in [6.07, 6.45) is 58.7. The van der Waals surface area contributed by atoms with E-state index in [4.69, 9.17) is 14.2 Å². The molecule has 0 spiro atoms. The monoisotopic (exact) mass is 1080 g/mol. The van der Waals surface area contributed by atoms with Gasteiger partial charge in [-0.2, -0.15) is 0 Å². The molecule has 1 aliphatic heterocycles. The third-order valence-electron chi connectivity index (χ3n) is 15.3. The molecule has 7 unspecified atom stereocenters. The van der Waals surface area contributed by atoms with Gasteiger partial charge >= 0.3 is 5.97 Å². The summed E-state index contributed by atoms with van der Waals surface area (Å²) >= 11 is 0. The molecular weight excluding hydrogens is 955 g/mol. The minimum absolute atomic E-state index is 0.00878. The van der Waals surface area contributed by atoms with E-state index in [1.54, 1.807) is 6.08 Å². The number of ether oxygens (including phenoxy) is 3. The summed E-state index contributed by atoms with van der Waals surface area (Å²) in [5.74, 6) is -0.187. The Morgan fingerprint density at radius 2 is 0.882 bits per heavy atom. The Bertz CT molecular complexity index is 1360. The Labute approximate surface area is 466 Å². The number of unbranched alkanes of at least 4 members (excludes halogenated alkanes) is 39. The fraction of sp³-hybridized carbons (Fsp3) is 0.877. The van der Waals surface area contributed by atoms with Crippen LogP contribution in [0, 0.1) is 0 Å². The van der Waals surface area contributed by atoms with E-state index in [0.717, 1.165) is 57.8 Å². The fourth-order valence-electron chi connectivity index (χ4n) is 10.2. The largest absolute Gasteiger partial charge is 0.466 e. The molecule has 76 heavy (non-hydrogen) atoms. The van der Waals surface area contributed by atoms with Gasteiger partial charge in [-0.3, -0.25) is 9.59 Å². The van der Waals surface area contributed by atoms with Crippen molar-refractivity contribution < 1.29 is 49.3 Å². The first-order chi connectivity index (χ1) is 37.2. The van der Waals surface area contributed by atoms with Gasteiger partial charge in [0.15, 0.2) is 6.29 Å². The van der Waals surface area contributed by atoms with Crippen LogP contribution in [0.5, 0.6) is 0 Å². The molecule has 0 aromatic rings. The van der Waals surface area contributed by atoms with E-state index in [0.29, 0.717) is 19.4 Å². The van der Waals surface area contributed by atoms with Gasteiger partial charge in [-0.05, 0) is 51.9 Å². The number of aliphatic hydroxyl groups excluding tert-OH is 5. The Hall–Kier alpha value is -2.12. The van der Waals surface area contributed by atoms with Crippen molar-refractivity contribution in [1.29, 1.82) is 0 Å². The molecule has 11 heteroatoms. The molecule has 0 radical (unpaired) electrons. The average Bonchev–Trinajstić information content (AvgIpc) is 3.42. The summed E-state index contributed by atoms with van der Waals surface area (Å²) in [6.45, 7) is 4.11. The predicted octanol–water partition coefficient (Wildman–Crippen LogP) is 15.5. The molecule has 1 saturated heterocycles. The number of esters is 1. The zero-order valence-corrected chi connectivity index (χ0v) is 49.2. The molecule has 0 aromatic heterocycles. The lowest BCUT2D eigenvalue weighted by atomic mass is 9.99. The minimum atomic E-state index is -1.58. The highest BCUT2D eigenvalue weighted by Gasteiger charge is 2.44. The number of amides is 1. The van der Waals surface area contributed by atoms with Gasteiger partial charge in [-0.1, -0.05) is 275 Å². The second kappa shape index (κ2) is 54.8. The molecule has 1 heterocycles. The predicted molar refractivity (Wildman–Crippen MR) is 315 cm³/mol. The van der Waals surface area contributed by atoms with Gasteiger partial charge in [0.1, 0.15) is 24.4 Å². The highest BCUT2D eigenvalue weighted by Crippen LogP contribution is 2.23. The molecule has 0 aliphatic carbocycles. The summed E-state index contributed by atoms with van der Waals surface area (Å²) in [5, 5.41) is 54.2. The van der Waals surface area contributed by atoms with Crippen LogP contribution in [0.1, 0.15) is 303 Å². The Morgan fingerprint density at radius 3 is 1.30 bits per heavy atom. The molecule has 446 valence electrons. The molecule has 1 rings (SSSR count). The van der Waals surface area contributed by atoms with Crippen LogP contribution in [0.25, 0.3) is 0 Å². The lowest BCUT2D eigenvalue weighted by Crippen LogP contribution is -2.60. The fourth-order valence-corrected chi connectivity index (χ4v) is 10.2. The third kappa shape index (κ3) is 43.7. The van der Waals surface area contributed by atoms with Crippen LogP contribution in [-0.4, -0.2) is 100 Å². The molecule has 7 atom stereocenters. The van der Waals surface area contributed by atoms with Crippen molar-refractivity contribution in [1.82, 2.24) is 5.32 Å². The van der Waals surface area contributed by atoms with Gasteiger partial charge in [0.2, 0.25) is 5.91 Å². The van der Waals surface area contributed by atoms with Gasteiger partial charge in [0, 0.05) is 12.8 Å². The van der Waals surface area contributed by atoms with Gasteiger partial charge in [0.05, 0.1) is 32.0 Å². The van der Waals surface area contributed by atoms with E-state index >= 15 is 0 Å². The number of rotatable bonds is 56.